The Morgan fingerprint density at radius 3 is 2.56 bits per heavy atom. The zero-order valence-corrected chi connectivity index (χ0v) is 16.8. The molecule has 0 amide bonds. The smallest absolute Gasteiger partial charge is 0.160 e. The topological polar surface area (TPSA) is 47.9 Å². The van der Waals surface area contributed by atoms with Crippen LogP contribution in [0, 0.1) is 5.92 Å². The fourth-order valence-electron chi connectivity index (χ4n) is 4.15. The minimum absolute atomic E-state index is 0.0811. The summed E-state index contributed by atoms with van der Waals surface area (Å²) in [7, 11) is 0. The van der Waals surface area contributed by atoms with Crippen molar-refractivity contribution >= 4 is 0 Å². The molecule has 3 rings (SSSR count). The molecule has 2 fully saturated rings. The fourth-order valence-corrected chi connectivity index (χ4v) is 4.15. The van der Waals surface area contributed by atoms with Crippen LogP contribution in [0.15, 0.2) is 24.3 Å². The zero-order chi connectivity index (χ0) is 18.9. The van der Waals surface area contributed by atoms with Crippen LogP contribution in [-0.2, 0) is 15.9 Å². The van der Waals surface area contributed by atoms with Crippen molar-refractivity contribution in [3.8, 4) is 5.75 Å². The van der Waals surface area contributed by atoms with E-state index in [1.807, 2.05) is 6.92 Å². The second-order valence-electron chi connectivity index (χ2n) is 8.29. The van der Waals surface area contributed by atoms with E-state index in [9.17, 15) is 5.11 Å². The van der Waals surface area contributed by atoms with Crippen molar-refractivity contribution < 1.29 is 19.3 Å². The van der Waals surface area contributed by atoms with Crippen molar-refractivity contribution in [2.24, 2.45) is 5.92 Å². The third-order valence-corrected chi connectivity index (χ3v) is 5.75. The van der Waals surface area contributed by atoms with Crippen LogP contribution < -0.4 is 4.74 Å². The van der Waals surface area contributed by atoms with Gasteiger partial charge in [-0.1, -0.05) is 31.4 Å². The molecule has 1 aromatic rings. The fraction of sp³-hybridized carbons (Fsp3) is 0.739. The summed E-state index contributed by atoms with van der Waals surface area (Å²) >= 11 is 0. The van der Waals surface area contributed by atoms with Crippen molar-refractivity contribution in [3.63, 3.8) is 0 Å². The summed E-state index contributed by atoms with van der Waals surface area (Å²) in [5.41, 5.74) is 1.35. The molecule has 0 aromatic heterocycles. The number of ether oxygens (including phenoxy) is 3. The molecule has 27 heavy (non-hydrogen) atoms. The van der Waals surface area contributed by atoms with Crippen molar-refractivity contribution in [2.45, 2.75) is 89.6 Å². The van der Waals surface area contributed by atoms with Gasteiger partial charge in [-0.3, -0.25) is 0 Å². The molecule has 3 atom stereocenters. The zero-order valence-electron chi connectivity index (χ0n) is 16.8. The monoisotopic (exact) mass is 376 g/mol. The minimum Gasteiger partial charge on any atom is -0.493 e. The predicted octanol–water partition coefficient (Wildman–Crippen LogP) is 4.87. The molecule has 4 nitrogen and oxygen atoms in total. The second-order valence-corrected chi connectivity index (χ2v) is 8.29. The van der Waals surface area contributed by atoms with Gasteiger partial charge in [0.15, 0.2) is 6.29 Å². The summed E-state index contributed by atoms with van der Waals surface area (Å²) in [6.45, 7) is 3.54. The van der Waals surface area contributed by atoms with Crippen molar-refractivity contribution in [3.05, 3.63) is 29.8 Å². The molecule has 2 aliphatic rings. The van der Waals surface area contributed by atoms with Gasteiger partial charge in [-0.05, 0) is 69.1 Å². The maximum Gasteiger partial charge on any atom is 0.160 e. The average molecular weight is 377 g/mol. The lowest BCUT2D eigenvalue weighted by Crippen LogP contribution is -2.35. The number of rotatable bonds is 9. The Morgan fingerprint density at radius 2 is 1.81 bits per heavy atom. The molecular weight excluding hydrogens is 340 g/mol. The first-order valence-corrected chi connectivity index (χ1v) is 10.9. The SMILES string of the molecule is CC1CC(O)CC(OCCCCc2ccc(OCC3CCCCC3)cc2)O1. The van der Waals surface area contributed by atoms with Gasteiger partial charge in [0.05, 0.1) is 18.8 Å². The first kappa shape index (κ1) is 20.6. The number of unbranched alkanes of at least 4 members (excludes halogenated alkanes) is 1. The van der Waals surface area contributed by atoms with E-state index in [2.05, 4.69) is 24.3 Å². The molecule has 1 N–H and O–H groups in total. The first-order chi connectivity index (χ1) is 13.2. The standard InChI is InChI=1S/C23H36O4/c1-18-15-21(24)16-23(27-18)25-14-6-5-7-19-10-12-22(13-11-19)26-17-20-8-3-2-4-9-20/h10-13,18,20-21,23-24H,2-9,14-17H2,1H3. The van der Waals surface area contributed by atoms with Crippen LogP contribution in [-0.4, -0.2) is 36.8 Å². The van der Waals surface area contributed by atoms with E-state index in [0.29, 0.717) is 19.4 Å². The Labute approximate surface area is 164 Å². The summed E-state index contributed by atoms with van der Waals surface area (Å²) in [6, 6.07) is 8.57. The van der Waals surface area contributed by atoms with Gasteiger partial charge in [0.1, 0.15) is 5.75 Å². The quantitative estimate of drug-likeness (QED) is 0.625. The van der Waals surface area contributed by atoms with Crippen LogP contribution in [0.5, 0.6) is 5.75 Å². The summed E-state index contributed by atoms with van der Waals surface area (Å²) in [5, 5.41) is 9.77. The van der Waals surface area contributed by atoms with Gasteiger partial charge in [-0.15, -0.1) is 0 Å². The lowest BCUT2D eigenvalue weighted by Gasteiger charge is -2.31. The molecular formula is C23H36O4. The summed E-state index contributed by atoms with van der Waals surface area (Å²) in [5.74, 6) is 1.74. The van der Waals surface area contributed by atoms with Gasteiger partial charge < -0.3 is 19.3 Å². The van der Waals surface area contributed by atoms with Gasteiger partial charge in [0, 0.05) is 13.0 Å². The van der Waals surface area contributed by atoms with Crippen molar-refractivity contribution in [2.75, 3.05) is 13.2 Å². The van der Waals surface area contributed by atoms with E-state index in [4.69, 9.17) is 14.2 Å². The maximum absolute atomic E-state index is 9.77. The number of benzene rings is 1. The molecule has 0 spiro atoms. The van der Waals surface area contributed by atoms with E-state index in [1.54, 1.807) is 0 Å². The largest absolute Gasteiger partial charge is 0.493 e. The highest BCUT2D eigenvalue weighted by Gasteiger charge is 2.25. The normalized spacial score (nSPS) is 26.8. The van der Waals surface area contributed by atoms with Crippen molar-refractivity contribution in [1.29, 1.82) is 0 Å². The maximum atomic E-state index is 9.77. The number of aryl methyl sites for hydroxylation is 1. The Bertz CT molecular complexity index is 514. The second kappa shape index (κ2) is 11.0. The molecule has 1 aliphatic heterocycles. The third kappa shape index (κ3) is 7.44. The number of hydrogen-bond acceptors (Lipinski definition) is 4. The highest BCUT2D eigenvalue weighted by Crippen LogP contribution is 2.25. The number of aliphatic hydroxyl groups is 1. The van der Waals surface area contributed by atoms with Crippen LogP contribution in [0.3, 0.4) is 0 Å². The summed E-state index contributed by atoms with van der Waals surface area (Å²) in [6.07, 6.45) is 10.8. The molecule has 0 radical (unpaired) electrons. The highest BCUT2D eigenvalue weighted by atomic mass is 16.7. The lowest BCUT2D eigenvalue weighted by molar-refractivity contribution is -0.210. The van der Waals surface area contributed by atoms with E-state index in [0.717, 1.165) is 37.5 Å². The number of hydrogen-bond donors (Lipinski definition) is 1. The van der Waals surface area contributed by atoms with E-state index in [1.165, 1.54) is 37.7 Å². The molecule has 1 heterocycles. The molecule has 152 valence electrons. The van der Waals surface area contributed by atoms with Crippen LogP contribution in [0.4, 0.5) is 0 Å². The molecule has 3 unspecified atom stereocenters. The molecule has 0 bridgehead atoms. The van der Waals surface area contributed by atoms with E-state index < -0.39 is 0 Å². The van der Waals surface area contributed by atoms with Crippen LogP contribution in [0.1, 0.15) is 70.3 Å². The van der Waals surface area contributed by atoms with Crippen LogP contribution in [0.2, 0.25) is 0 Å². The van der Waals surface area contributed by atoms with Gasteiger partial charge >= 0.3 is 0 Å². The lowest BCUT2D eigenvalue weighted by atomic mass is 9.90. The molecule has 1 aromatic carbocycles. The Hall–Kier alpha value is -1.10. The van der Waals surface area contributed by atoms with E-state index in [-0.39, 0.29) is 18.5 Å². The molecule has 4 heteroatoms. The predicted molar refractivity (Wildman–Crippen MR) is 107 cm³/mol. The highest BCUT2D eigenvalue weighted by molar-refractivity contribution is 5.27. The van der Waals surface area contributed by atoms with Crippen molar-refractivity contribution in [1.82, 2.24) is 0 Å². The summed E-state index contributed by atoms with van der Waals surface area (Å²) < 4.78 is 17.4. The third-order valence-electron chi connectivity index (χ3n) is 5.75. The number of aliphatic hydroxyl groups excluding tert-OH is 1. The molecule has 1 saturated heterocycles. The van der Waals surface area contributed by atoms with Gasteiger partial charge in [0.25, 0.3) is 0 Å². The van der Waals surface area contributed by atoms with Crippen LogP contribution in [0.25, 0.3) is 0 Å². The van der Waals surface area contributed by atoms with E-state index >= 15 is 0 Å². The Balaban J connectivity index is 1.27. The van der Waals surface area contributed by atoms with Gasteiger partial charge in [0.2, 0.25) is 0 Å². The van der Waals surface area contributed by atoms with Gasteiger partial charge in [-0.2, -0.15) is 0 Å². The Kier molecular flexibility index (Phi) is 8.43. The molecule has 1 saturated carbocycles. The Morgan fingerprint density at radius 1 is 1.04 bits per heavy atom. The first-order valence-electron chi connectivity index (χ1n) is 10.9. The van der Waals surface area contributed by atoms with Gasteiger partial charge in [-0.25, -0.2) is 0 Å². The van der Waals surface area contributed by atoms with Crippen LogP contribution >= 0.6 is 0 Å². The minimum atomic E-state index is -0.294. The summed E-state index contributed by atoms with van der Waals surface area (Å²) in [4.78, 5) is 0. The molecule has 1 aliphatic carbocycles. The average Bonchev–Trinajstić information content (AvgIpc) is 2.67.